The van der Waals surface area contributed by atoms with Gasteiger partial charge in [0.1, 0.15) is 11.6 Å². The molecule has 0 saturated carbocycles. The van der Waals surface area contributed by atoms with E-state index in [0.29, 0.717) is 24.3 Å². The Bertz CT molecular complexity index is 608. The van der Waals surface area contributed by atoms with Crippen LogP contribution in [0, 0.1) is 5.82 Å². The van der Waals surface area contributed by atoms with Gasteiger partial charge in [-0.3, -0.25) is 4.79 Å². The van der Waals surface area contributed by atoms with E-state index in [1.807, 2.05) is 6.92 Å². The number of carboxylic acid groups (broad SMARTS) is 1. The Kier molecular flexibility index (Phi) is 4.93. The van der Waals surface area contributed by atoms with Gasteiger partial charge in [-0.1, -0.05) is 24.3 Å². The Morgan fingerprint density at radius 1 is 1.24 bits per heavy atom. The number of ether oxygens (including phenoxy) is 1. The van der Waals surface area contributed by atoms with E-state index in [9.17, 15) is 14.3 Å². The van der Waals surface area contributed by atoms with Crippen molar-refractivity contribution in [1.82, 2.24) is 0 Å². The van der Waals surface area contributed by atoms with Crippen LogP contribution in [0.25, 0.3) is 0 Å². The number of hydrogen-bond acceptors (Lipinski definition) is 2. The van der Waals surface area contributed by atoms with Crippen LogP contribution in [-0.4, -0.2) is 17.7 Å². The van der Waals surface area contributed by atoms with Crippen molar-refractivity contribution in [2.24, 2.45) is 0 Å². The van der Waals surface area contributed by atoms with Gasteiger partial charge >= 0.3 is 5.97 Å². The fourth-order valence-corrected chi connectivity index (χ4v) is 2.19. The van der Waals surface area contributed by atoms with Crippen LogP contribution >= 0.6 is 0 Å². The number of carbonyl (C=O) groups is 1. The summed E-state index contributed by atoms with van der Waals surface area (Å²) >= 11 is 0. The Morgan fingerprint density at radius 2 is 1.95 bits per heavy atom. The lowest BCUT2D eigenvalue weighted by molar-refractivity contribution is -0.138. The van der Waals surface area contributed by atoms with Crippen LogP contribution in [0.2, 0.25) is 0 Å². The zero-order valence-electron chi connectivity index (χ0n) is 11.8. The number of aliphatic carboxylic acids is 1. The largest absolute Gasteiger partial charge is 0.494 e. The van der Waals surface area contributed by atoms with Gasteiger partial charge in [-0.2, -0.15) is 0 Å². The molecular formula is C17H17FO3. The van der Waals surface area contributed by atoms with E-state index < -0.39 is 11.9 Å². The van der Waals surface area contributed by atoms with Crippen molar-refractivity contribution in [3.8, 4) is 5.75 Å². The molecule has 110 valence electrons. The molecular weight excluding hydrogens is 271 g/mol. The lowest BCUT2D eigenvalue weighted by atomic mass is 9.92. The molecule has 0 aliphatic heterocycles. The predicted molar refractivity (Wildman–Crippen MR) is 78.1 cm³/mol. The first kappa shape index (κ1) is 15.0. The van der Waals surface area contributed by atoms with Crippen molar-refractivity contribution >= 4 is 5.97 Å². The van der Waals surface area contributed by atoms with Crippen molar-refractivity contribution in [2.75, 3.05) is 6.61 Å². The van der Waals surface area contributed by atoms with Crippen LogP contribution in [0.4, 0.5) is 4.39 Å². The van der Waals surface area contributed by atoms with E-state index in [2.05, 4.69) is 0 Å². The Balaban J connectivity index is 2.24. The topological polar surface area (TPSA) is 46.5 Å². The lowest BCUT2D eigenvalue weighted by Crippen LogP contribution is -2.14. The molecule has 0 heterocycles. The summed E-state index contributed by atoms with van der Waals surface area (Å²) in [5.74, 6) is -1.27. The third kappa shape index (κ3) is 4.05. The van der Waals surface area contributed by atoms with Crippen LogP contribution in [0.15, 0.2) is 48.5 Å². The van der Waals surface area contributed by atoms with Gasteiger partial charge in [0, 0.05) is 0 Å². The molecule has 2 rings (SSSR count). The van der Waals surface area contributed by atoms with Crippen molar-refractivity contribution in [3.05, 3.63) is 65.5 Å². The Labute approximate surface area is 123 Å². The number of hydrogen-bond donors (Lipinski definition) is 1. The normalized spacial score (nSPS) is 11.9. The van der Waals surface area contributed by atoms with Gasteiger partial charge in [0.15, 0.2) is 0 Å². The van der Waals surface area contributed by atoms with Gasteiger partial charge in [-0.15, -0.1) is 0 Å². The van der Waals surface area contributed by atoms with E-state index in [-0.39, 0.29) is 5.82 Å². The summed E-state index contributed by atoms with van der Waals surface area (Å²) in [6, 6.07) is 13.0. The zero-order chi connectivity index (χ0) is 15.2. The molecule has 0 spiro atoms. The smallest absolute Gasteiger partial charge is 0.311 e. The first-order chi connectivity index (χ1) is 10.1. The lowest BCUT2D eigenvalue weighted by Gasteiger charge is -2.14. The van der Waals surface area contributed by atoms with Gasteiger partial charge in [-0.25, -0.2) is 4.39 Å². The van der Waals surface area contributed by atoms with E-state index >= 15 is 0 Å². The van der Waals surface area contributed by atoms with Gasteiger partial charge in [0.25, 0.3) is 0 Å². The highest BCUT2D eigenvalue weighted by Gasteiger charge is 2.20. The van der Waals surface area contributed by atoms with Crippen LogP contribution in [0.5, 0.6) is 5.75 Å². The molecule has 0 radical (unpaired) electrons. The minimum atomic E-state index is -0.909. The minimum Gasteiger partial charge on any atom is -0.494 e. The summed E-state index contributed by atoms with van der Waals surface area (Å²) < 4.78 is 18.3. The number of halogens is 1. The van der Waals surface area contributed by atoms with Crippen molar-refractivity contribution < 1.29 is 19.0 Å². The second-order valence-corrected chi connectivity index (χ2v) is 4.73. The summed E-state index contributed by atoms with van der Waals surface area (Å²) in [7, 11) is 0. The molecule has 2 aromatic rings. The van der Waals surface area contributed by atoms with Crippen LogP contribution in [0.1, 0.15) is 24.0 Å². The van der Waals surface area contributed by atoms with E-state index in [1.54, 1.807) is 36.4 Å². The summed E-state index contributed by atoms with van der Waals surface area (Å²) in [5, 5.41) is 9.45. The average Bonchev–Trinajstić information content (AvgIpc) is 2.47. The second kappa shape index (κ2) is 6.88. The first-order valence-corrected chi connectivity index (χ1v) is 6.80. The first-order valence-electron chi connectivity index (χ1n) is 6.80. The van der Waals surface area contributed by atoms with E-state index in [1.165, 1.54) is 12.1 Å². The van der Waals surface area contributed by atoms with E-state index in [0.717, 1.165) is 5.56 Å². The fourth-order valence-electron chi connectivity index (χ4n) is 2.19. The molecule has 1 unspecified atom stereocenters. The van der Waals surface area contributed by atoms with Crippen LogP contribution in [0.3, 0.4) is 0 Å². The molecule has 0 bridgehead atoms. The monoisotopic (exact) mass is 288 g/mol. The Hall–Kier alpha value is -2.36. The number of benzene rings is 2. The third-order valence-electron chi connectivity index (χ3n) is 3.22. The molecule has 0 aliphatic carbocycles. The van der Waals surface area contributed by atoms with Crippen LogP contribution < -0.4 is 4.74 Å². The predicted octanol–water partition coefficient (Wildman–Crippen LogP) is 3.64. The van der Waals surface area contributed by atoms with Gasteiger partial charge in [0.05, 0.1) is 12.5 Å². The van der Waals surface area contributed by atoms with Crippen LogP contribution in [-0.2, 0) is 11.2 Å². The highest BCUT2D eigenvalue weighted by atomic mass is 19.1. The van der Waals surface area contributed by atoms with Gasteiger partial charge in [0.2, 0.25) is 0 Å². The number of carboxylic acids is 1. The summed E-state index contributed by atoms with van der Waals surface area (Å²) in [5.41, 5.74) is 1.46. The highest BCUT2D eigenvalue weighted by molar-refractivity contribution is 5.76. The molecule has 0 saturated heterocycles. The van der Waals surface area contributed by atoms with E-state index in [4.69, 9.17) is 4.74 Å². The average molecular weight is 288 g/mol. The summed E-state index contributed by atoms with van der Waals surface area (Å²) in [6.07, 6.45) is 0.311. The van der Waals surface area contributed by atoms with Crippen molar-refractivity contribution in [1.29, 1.82) is 0 Å². The molecule has 4 heteroatoms. The molecule has 2 aromatic carbocycles. The summed E-state index contributed by atoms with van der Waals surface area (Å²) in [6.45, 7) is 2.40. The summed E-state index contributed by atoms with van der Waals surface area (Å²) in [4.78, 5) is 11.5. The highest BCUT2D eigenvalue weighted by Crippen LogP contribution is 2.25. The SMILES string of the molecule is CCOc1cccc(C(Cc2ccc(F)cc2)C(=O)O)c1. The maximum absolute atomic E-state index is 12.9. The maximum Gasteiger partial charge on any atom is 0.311 e. The standard InChI is InChI=1S/C17H17FO3/c1-2-21-15-5-3-4-13(11-15)16(17(19)20)10-12-6-8-14(18)9-7-12/h3-9,11,16H,2,10H2,1H3,(H,19,20). The fraction of sp³-hybridized carbons (Fsp3) is 0.235. The van der Waals surface area contributed by atoms with Crippen molar-refractivity contribution in [2.45, 2.75) is 19.3 Å². The minimum absolute atomic E-state index is 0.311. The van der Waals surface area contributed by atoms with Gasteiger partial charge in [-0.05, 0) is 48.7 Å². The maximum atomic E-state index is 12.9. The molecule has 3 nitrogen and oxygen atoms in total. The molecule has 1 N–H and O–H groups in total. The zero-order valence-corrected chi connectivity index (χ0v) is 11.8. The second-order valence-electron chi connectivity index (χ2n) is 4.73. The molecule has 0 amide bonds. The molecule has 0 aromatic heterocycles. The third-order valence-corrected chi connectivity index (χ3v) is 3.22. The van der Waals surface area contributed by atoms with Gasteiger partial charge < -0.3 is 9.84 Å². The molecule has 1 atom stereocenters. The quantitative estimate of drug-likeness (QED) is 0.882. The number of rotatable bonds is 6. The molecule has 0 aliphatic rings. The van der Waals surface area contributed by atoms with Crippen molar-refractivity contribution in [3.63, 3.8) is 0 Å². The Morgan fingerprint density at radius 3 is 2.57 bits per heavy atom. The molecule has 0 fully saturated rings. The molecule has 21 heavy (non-hydrogen) atoms.